The number of non-ortho nitro benzene ring substituents is 1. The first-order valence-corrected chi connectivity index (χ1v) is 6.74. The van der Waals surface area contributed by atoms with Gasteiger partial charge in [0.05, 0.1) is 26.9 Å². The van der Waals surface area contributed by atoms with Gasteiger partial charge in [-0.1, -0.05) is 12.1 Å². The minimum absolute atomic E-state index is 0.447. The monoisotopic (exact) mass is 400 g/mol. The molecule has 0 aliphatic rings. The van der Waals surface area contributed by atoms with Gasteiger partial charge in [0.2, 0.25) is 0 Å². The maximum absolute atomic E-state index is 10.4. The van der Waals surface area contributed by atoms with E-state index < -0.39 is 37.6 Å². The summed E-state index contributed by atoms with van der Waals surface area (Å²) in [5, 5.41) is 40.2. The van der Waals surface area contributed by atoms with Gasteiger partial charge in [0.25, 0.3) is 11.4 Å². The summed E-state index contributed by atoms with van der Waals surface area (Å²) in [4.78, 5) is 27.8. The van der Waals surface area contributed by atoms with Crippen LogP contribution in [0.5, 0.6) is 5.75 Å². The van der Waals surface area contributed by atoms with Crippen LogP contribution in [0.1, 0.15) is 0 Å². The van der Waals surface area contributed by atoms with Gasteiger partial charge in [-0.25, -0.2) is 0 Å². The molecule has 0 heterocycles. The van der Waals surface area contributed by atoms with Crippen molar-refractivity contribution in [1.29, 1.82) is 0 Å². The van der Waals surface area contributed by atoms with E-state index in [2.05, 4.69) is 15.9 Å². The SMILES string of the molecule is Nc1ccccc1Br.O=[N+]([O-])c1cc([N+](=O)[O-])c(O)c([N+](=O)[O-])c1. The Balaban J connectivity index is 0.000000300. The molecule has 3 N–H and O–H groups in total. The number of phenolic OH excluding ortho intramolecular Hbond substituents is 1. The molecule has 0 amide bonds. The Morgan fingerprint density at radius 2 is 1.38 bits per heavy atom. The molecule has 2 aromatic carbocycles. The number of nitro groups is 3. The van der Waals surface area contributed by atoms with E-state index in [4.69, 9.17) is 10.8 Å². The predicted molar refractivity (Wildman–Crippen MR) is 86.6 cm³/mol. The lowest BCUT2D eigenvalue weighted by Crippen LogP contribution is -1.97. The van der Waals surface area contributed by atoms with Crippen molar-refractivity contribution in [3.8, 4) is 5.75 Å². The molecule has 0 aliphatic carbocycles. The number of phenols is 1. The number of halogens is 1. The van der Waals surface area contributed by atoms with Gasteiger partial charge in [0, 0.05) is 10.2 Å². The van der Waals surface area contributed by atoms with Gasteiger partial charge in [0.15, 0.2) is 0 Å². The number of nitrogen functional groups attached to an aromatic ring is 1. The van der Waals surface area contributed by atoms with Gasteiger partial charge in [-0.2, -0.15) is 0 Å². The summed E-state index contributed by atoms with van der Waals surface area (Å²) in [6.07, 6.45) is 0. The van der Waals surface area contributed by atoms with Gasteiger partial charge in [0.1, 0.15) is 0 Å². The molecular formula is C12H9BrN4O7. The van der Waals surface area contributed by atoms with Crippen LogP contribution < -0.4 is 5.73 Å². The summed E-state index contributed by atoms with van der Waals surface area (Å²) in [6, 6.07) is 8.49. The Morgan fingerprint density at radius 1 is 0.917 bits per heavy atom. The van der Waals surface area contributed by atoms with Crippen LogP contribution in [0.15, 0.2) is 40.9 Å². The zero-order valence-corrected chi connectivity index (χ0v) is 13.2. The van der Waals surface area contributed by atoms with Crippen molar-refractivity contribution in [3.05, 3.63) is 71.2 Å². The lowest BCUT2D eigenvalue weighted by atomic mass is 10.2. The molecule has 24 heavy (non-hydrogen) atoms. The summed E-state index contributed by atoms with van der Waals surface area (Å²) in [7, 11) is 0. The van der Waals surface area contributed by atoms with Crippen LogP contribution in [0.4, 0.5) is 22.7 Å². The number of anilines is 1. The molecule has 12 heteroatoms. The van der Waals surface area contributed by atoms with Gasteiger partial charge in [-0.3, -0.25) is 30.3 Å². The maximum Gasteiger partial charge on any atom is 0.324 e. The van der Waals surface area contributed by atoms with Crippen LogP contribution in [0.25, 0.3) is 0 Å². The molecule has 0 radical (unpaired) electrons. The fourth-order valence-corrected chi connectivity index (χ4v) is 1.73. The third-order valence-electron chi connectivity index (χ3n) is 2.56. The average Bonchev–Trinajstić information content (AvgIpc) is 2.50. The Morgan fingerprint density at radius 3 is 1.67 bits per heavy atom. The van der Waals surface area contributed by atoms with Crippen molar-refractivity contribution in [2.75, 3.05) is 5.73 Å². The van der Waals surface area contributed by atoms with E-state index in [1.165, 1.54) is 0 Å². The standard InChI is InChI=1S/C6H6BrN.C6H3N3O7/c7-5-3-1-2-4-6(5)8;10-6-4(8(13)14)1-3(7(11)12)2-5(6)9(15)16/h1-4H,8H2;1-2,10H. The third kappa shape index (κ3) is 4.61. The summed E-state index contributed by atoms with van der Waals surface area (Å²) < 4.78 is 0.958. The number of nitrogens with zero attached hydrogens (tertiary/aromatic N) is 3. The Labute approximate surface area is 141 Å². The minimum Gasteiger partial charge on any atom is -0.497 e. The molecule has 0 aliphatic heterocycles. The second-order valence-electron chi connectivity index (χ2n) is 4.13. The predicted octanol–water partition coefficient (Wildman–Crippen LogP) is 3.15. The van der Waals surface area contributed by atoms with Crippen molar-refractivity contribution in [1.82, 2.24) is 0 Å². The number of rotatable bonds is 3. The maximum atomic E-state index is 10.4. The van der Waals surface area contributed by atoms with E-state index in [0.29, 0.717) is 12.1 Å². The molecule has 2 rings (SSSR count). The van der Waals surface area contributed by atoms with Crippen LogP contribution in [0.2, 0.25) is 0 Å². The number of hydrogen-bond acceptors (Lipinski definition) is 8. The Kier molecular flexibility index (Phi) is 6.12. The molecule has 126 valence electrons. The van der Waals surface area contributed by atoms with Crippen LogP contribution in [0, 0.1) is 30.3 Å². The first-order chi connectivity index (χ1) is 11.1. The molecule has 0 unspecified atom stereocenters. The lowest BCUT2D eigenvalue weighted by molar-refractivity contribution is -0.404. The highest BCUT2D eigenvalue weighted by molar-refractivity contribution is 9.10. The highest BCUT2D eigenvalue weighted by Gasteiger charge is 2.30. The largest absolute Gasteiger partial charge is 0.497 e. The molecule has 0 spiro atoms. The van der Waals surface area contributed by atoms with Crippen molar-refractivity contribution >= 4 is 38.7 Å². The van der Waals surface area contributed by atoms with Gasteiger partial charge in [-0.05, 0) is 28.1 Å². The molecule has 0 bridgehead atoms. The minimum atomic E-state index is -1.21. The fraction of sp³-hybridized carbons (Fsp3) is 0. The van der Waals surface area contributed by atoms with Crippen LogP contribution in [-0.2, 0) is 0 Å². The van der Waals surface area contributed by atoms with Crippen molar-refractivity contribution < 1.29 is 19.9 Å². The molecule has 0 aromatic heterocycles. The van der Waals surface area contributed by atoms with E-state index in [-0.39, 0.29) is 0 Å². The molecule has 0 saturated carbocycles. The molecule has 0 fully saturated rings. The van der Waals surface area contributed by atoms with Crippen LogP contribution in [0.3, 0.4) is 0 Å². The summed E-state index contributed by atoms with van der Waals surface area (Å²) in [5.74, 6) is -1.21. The lowest BCUT2D eigenvalue weighted by Gasteiger charge is -1.97. The van der Waals surface area contributed by atoms with Crippen molar-refractivity contribution in [3.63, 3.8) is 0 Å². The number of nitro benzene ring substituents is 3. The summed E-state index contributed by atoms with van der Waals surface area (Å²) >= 11 is 3.27. The number of nitrogens with two attached hydrogens (primary N) is 1. The molecule has 0 saturated heterocycles. The topological polar surface area (TPSA) is 176 Å². The second kappa shape index (κ2) is 7.82. The van der Waals surface area contributed by atoms with Crippen LogP contribution in [-0.4, -0.2) is 19.9 Å². The number of para-hydroxylation sites is 1. The number of aromatic hydroxyl groups is 1. The fourth-order valence-electron chi connectivity index (χ4n) is 1.45. The van der Waals surface area contributed by atoms with Crippen molar-refractivity contribution in [2.24, 2.45) is 0 Å². The molecular weight excluding hydrogens is 392 g/mol. The normalized spacial score (nSPS) is 9.54. The third-order valence-corrected chi connectivity index (χ3v) is 3.29. The number of benzene rings is 2. The Bertz CT molecular complexity index is 756. The second-order valence-corrected chi connectivity index (χ2v) is 4.98. The van der Waals surface area contributed by atoms with E-state index in [1.54, 1.807) is 0 Å². The average molecular weight is 401 g/mol. The highest BCUT2D eigenvalue weighted by atomic mass is 79.9. The zero-order chi connectivity index (χ0) is 18.4. The zero-order valence-electron chi connectivity index (χ0n) is 11.7. The molecule has 0 atom stereocenters. The molecule has 11 nitrogen and oxygen atoms in total. The van der Waals surface area contributed by atoms with Gasteiger partial charge >= 0.3 is 11.4 Å². The first-order valence-electron chi connectivity index (χ1n) is 5.95. The van der Waals surface area contributed by atoms with Gasteiger partial charge < -0.3 is 10.8 Å². The number of hydrogen-bond donors (Lipinski definition) is 2. The van der Waals surface area contributed by atoms with Crippen molar-refractivity contribution in [2.45, 2.75) is 0 Å². The Hall–Kier alpha value is -3.28. The molecule has 2 aromatic rings. The first kappa shape index (κ1) is 18.8. The van der Waals surface area contributed by atoms with Gasteiger partial charge in [-0.15, -0.1) is 0 Å². The van der Waals surface area contributed by atoms with Crippen LogP contribution >= 0.6 is 15.9 Å². The highest BCUT2D eigenvalue weighted by Crippen LogP contribution is 2.38. The van der Waals surface area contributed by atoms with E-state index >= 15 is 0 Å². The van der Waals surface area contributed by atoms with E-state index in [1.807, 2.05) is 24.3 Å². The smallest absolute Gasteiger partial charge is 0.324 e. The quantitative estimate of drug-likeness (QED) is 0.448. The van der Waals surface area contributed by atoms with E-state index in [9.17, 15) is 30.3 Å². The summed E-state index contributed by atoms with van der Waals surface area (Å²) in [5.41, 5.74) is 3.26. The van der Waals surface area contributed by atoms with E-state index in [0.717, 1.165) is 10.2 Å². The summed E-state index contributed by atoms with van der Waals surface area (Å²) in [6.45, 7) is 0.